The zero-order valence-corrected chi connectivity index (χ0v) is 11.2. The quantitative estimate of drug-likeness (QED) is 0.831. The van der Waals surface area contributed by atoms with E-state index < -0.39 is 5.97 Å². The number of nitrogens with zero attached hydrogens (tertiary/aromatic N) is 2. The largest absolute Gasteiger partial charge is 0.481 e. The van der Waals surface area contributed by atoms with Gasteiger partial charge in [0.2, 0.25) is 5.91 Å². The summed E-state index contributed by atoms with van der Waals surface area (Å²) in [5.41, 5.74) is 0.904. The Morgan fingerprint density at radius 1 is 1.40 bits per heavy atom. The number of carboxylic acid groups (broad SMARTS) is 1. The third-order valence-corrected chi connectivity index (χ3v) is 3.02. The molecule has 2 N–H and O–H groups in total. The Bertz CT molecular complexity index is 621. The highest BCUT2D eigenvalue weighted by molar-refractivity contribution is 5.81. The van der Waals surface area contributed by atoms with Gasteiger partial charge in [-0.3, -0.25) is 14.3 Å². The normalized spacial score (nSPS) is 12.2. The molecule has 0 spiro atoms. The standard InChI is InChI=1S/C14H17N3O3/c1-10(6-14(19)20)7-15-13(18)9-17-12-5-3-2-4-11(12)8-16-17/h2-5,8,10H,6-7,9H2,1H3,(H,15,18)(H,19,20). The van der Waals surface area contributed by atoms with E-state index in [-0.39, 0.29) is 24.8 Å². The summed E-state index contributed by atoms with van der Waals surface area (Å²) in [6.45, 7) is 2.27. The summed E-state index contributed by atoms with van der Waals surface area (Å²) < 4.78 is 1.63. The summed E-state index contributed by atoms with van der Waals surface area (Å²) in [5, 5.41) is 16.5. The Labute approximate surface area is 116 Å². The molecular weight excluding hydrogens is 258 g/mol. The van der Waals surface area contributed by atoms with E-state index in [1.54, 1.807) is 17.8 Å². The molecule has 1 aromatic heterocycles. The summed E-state index contributed by atoms with van der Waals surface area (Å²) in [4.78, 5) is 22.4. The number of benzene rings is 1. The van der Waals surface area contributed by atoms with Gasteiger partial charge in [-0.05, 0) is 12.0 Å². The maximum absolute atomic E-state index is 11.8. The molecule has 0 radical (unpaired) electrons. The van der Waals surface area contributed by atoms with Gasteiger partial charge in [-0.25, -0.2) is 0 Å². The van der Waals surface area contributed by atoms with Crippen LogP contribution >= 0.6 is 0 Å². The van der Waals surface area contributed by atoms with Crippen molar-refractivity contribution in [3.63, 3.8) is 0 Å². The molecule has 0 saturated heterocycles. The number of fused-ring (bicyclic) bond motifs is 1. The average molecular weight is 275 g/mol. The molecule has 0 aliphatic rings. The lowest BCUT2D eigenvalue weighted by Gasteiger charge is -2.10. The maximum atomic E-state index is 11.8. The van der Waals surface area contributed by atoms with Crippen molar-refractivity contribution in [3.05, 3.63) is 30.5 Å². The smallest absolute Gasteiger partial charge is 0.303 e. The first-order valence-electron chi connectivity index (χ1n) is 6.45. The van der Waals surface area contributed by atoms with Gasteiger partial charge in [-0.15, -0.1) is 0 Å². The Hall–Kier alpha value is -2.37. The van der Waals surface area contributed by atoms with Crippen molar-refractivity contribution >= 4 is 22.8 Å². The molecule has 1 aromatic carbocycles. The number of para-hydroxylation sites is 1. The molecule has 0 fully saturated rings. The van der Waals surface area contributed by atoms with Crippen molar-refractivity contribution in [3.8, 4) is 0 Å². The van der Waals surface area contributed by atoms with Gasteiger partial charge in [-0.1, -0.05) is 25.1 Å². The summed E-state index contributed by atoms with van der Waals surface area (Å²) in [7, 11) is 0. The fraction of sp³-hybridized carbons (Fsp3) is 0.357. The number of carboxylic acids is 1. The van der Waals surface area contributed by atoms with Crippen LogP contribution in [0.1, 0.15) is 13.3 Å². The fourth-order valence-electron chi connectivity index (χ4n) is 2.00. The molecule has 6 heteroatoms. The summed E-state index contributed by atoms with van der Waals surface area (Å²) in [6.07, 6.45) is 1.76. The van der Waals surface area contributed by atoms with Crippen LogP contribution in [0.5, 0.6) is 0 Å². The number of hydrogen-bond acceptors (Lipinski definition) is 3. The second-order valence-corrected chi connectivity index (χ2v) is 4.87. The van der Waals surface area contributed by atoms with Crippen LogP contribution in [0.2, 0.25) is 0 Å². The van der Waals surface area contributed by atoms with E-state index in [1.807, 2.05) is 24.3 Å². The van der Waals surface area contributed by atoms with Crippen molar-refractivity contribution in [2.24, 2.45) is 5.92 Å². The van der Waals surface area contributed by atoms with Crippen molar-refractivity contribution in [1.82, 2.24) is 15.1 Å². The number of aromatic nitrogens is 2. The summed E-state index contributed by atoms with van der Waals surface area (Å²) >= 11 is 0. The van der Waals surface area contributed by atoms with Gasteiger partial charge in [0.25, 0.3) is 0 Å². The highest BCUT2D eigenvalue weighted by Crippen LogP contribution is 2.12. The van der Waals surface area contributed by atoms with Crippen molar-refractivity contribution in [2.75, 3.05) is 6.54 Å². The van der Waals surface area contributed by atoms with E-state index in [0.717, 1.165) is 10.9 Å². The molecule has 106 valence electrons. The third-order valence-electron chi connectivity index (χ3n) is 3.02. The number of amides is 1. The highest BCUT2D eigenvalue weighted by Gasteiger charge is 2.11. The molecule has 20 heavy (non-hydrogen) atoms. The van der Waals surface area contributed by atoms with Crippen molar-refractivity contribution < 1.29 is 14.7 Å². The van der Waals surface area contributed by atoms with Crippen LogP contribution in [0, 0.1) is 5.92 Å². The van der Waals surface area contributed by atoms with Gasteiger partial charge in [0.05, 0.1) is 11.7 Å². The van der Waals surface area contributed by atoms with Crippen LogP contribution in [-0.4, -0.2) is 33.3 Å². The molecule has 6 nitrogen and oxygen atoms in total. The minimum atomic E-state index is -0.857. The first kappa shape index (κ1) is 14.0. The molecule has 1 atom stereocenters. The molecule has 2 rings (SSSR count). The molecule has 0 saturated carbocycles. The third kappa shape index (κ3) is 3.57. The molecule has 0 aliphatic carbocycles. The molecular formula is C14H17N3O3. The second kappa shape index (κ2) is 6.18. The number of rotatable bonds is 6. The summed E-state index contributed by atoms with van der Waals surface area (Å²) in [6, 6.07) is 7.66. The maximum Gasteiger partial charge on any atom is 0.303 e. The first-order chi connectivity index (χ1) is 9.56. The van der Waals surface area contributed by atoms with Gasteiger partial charge < -0.3 is 10.4 Å². The minimum absolute atomic E-state index is 0.0466. The lowest BCUT2D eigenvalue weighted by Crippen LogP contribution is -2.32. The van der Waals surface area contributed by atoms with Gasteiger partial charge in [-0.2, -0.15) is 5.10 Å². The predicted octanol–water partition coefficient (Wildman–Crippen LogP) is 1.26. The minimum Gasteiger partial charge on any atom is -0.481 e. The Kier molecular flexibility index (Phi) is 4.34. The SMILES string of the molecule is CC(CNC(=O)Cn1ncc2ccccc21)CC(=O)O. The van der Waals surface area contributed by atoms with E-state index in [2.05, 4.69) is 10.4 Å². The van der Waals surface area contributed by atoms with Crippen LogP contribution in [-0.2, 0) is 16.1 Å². The second-order valence-electron chi connectivity index (χ2n) is 4.87. The van der Waals surface area contributed by atoms with Crippen LogP contribution in [0.4, 0.5) is 0 Å². The number of carbonyl (C=O) groups excluding carboxylic acids is 1. The first-order valence-corrected chi connectivity index (χ1v) is 6.45. The molecule has 1 unspecified atom stereocenters. The summed E-state index contributed by atoms with van der Waals surface area (Å²) in [5.74, 6) is -1.12. The predicted molar refractivity (Wildman–Crippen MR) is 74.2 cm³/mol. The van der Waals surface area contributed by atoms with Crippen molar-refractivity contribution in [2.45, 2.75) is 19.9 Å². The van der Waals surface area contributed by atoms with E-state index in [1.165, 1.54) is 0 Å². The van der Waals surface area contributed by atoms with Crippen molar-refractivity contribution in [1.29, 1.82) is 0 Å². The van der Waals surface area contributed by atoms with Crippen LogP contribution < -0.4 is 5.32 Å². The molecule has 2 aromatic rings. The van der Waals surface area contributed by atoms with Gasteiger partial charge in [0, 0.05) is 18.4 Å². The van der Waals surface area contributed by atoms with E-state index >= 15 is 0 Å². The molecule has 1 amide bonds. The zero-order chi connectivity index (χ0) is 14.5. The monoisotopic (exact) mass is 275 g/mol. The zero-order valence-electron chi connectivity index (χ0n) is 11.2. The van der Waals surface area contributed by atoms with E-state index in [9.17, 15) is 9.59 Å². The molecule has 0 bridgehead atoms. The van der Waals surface area contributed by atoms with Crippen LogP contribution in [0.3, 0.4) is 0 Å². The topological polar surface area (TPSA) is 84.2 Å². The highest BCUT2D eigenvalue weighted by atomic mass is 16.4. The average Bonchev–Trinajstić information content (AvgIpc) is 2.79. The number of carbonyl (C=O) groups is 2. The van der Waals surface area contributed by atoms with Gasteiger partial charge in [0.15, 0.2) is 0 Å². The lowest BCUT2D eigenvalue weighted by molar-refractivity contribution is -0.138. The van der Waals surface area contributed by atoms with Crippen LogP contribution in [0.25, 0.3) is 10.9 Å². The molecule has 0 aliphatic heterocycles. The number of aliphatic carboxylic acids is 1. The van der Waals surface area contributed by atoms with E-state index in [0.29, 0.717) is 6.54 Å². The van der Waals surface area contributed by atoms with Crippen LogP contribution in [0.15, 0.2) is 30.5 Å². The van der Waals surface area contributed by atoms with Gasteiger partial charge in [0.1, 0.15) is 6.54 Å². The Morgan fingerprint density at radius 3 is 2.90 bits per heavy atom. The fourth-order valence-corrected chi connectivity index (χ4v) is 2.00. The Balaban J connectivity index is 1.90. The van der Waals surface area contributed by atoms with E-state index in [4.69, 9.17) is 5.11 Å². The molecule has 1 heterocycles. The van der Waals surface area contributed by atoms with Gasteiger partial charge >= 0.3 is 5.97 Å². The number of hydrogen-bond donors (Lipinski definition) is 2. The lowest BCUT2D eigenvalue weighted by atomic mass is 10.1. The Morgan fingerprint density at radius 2 is 2.15 bits per heavy atom. The number of nitrogens with one attached hydrogen (secondary N) is 1.